The summed E-state index contributed by atoms with van der Waals surface area (Å²) in [4.78, 5) is 99.4. The number of anilines is 2. The fourth-order valence-electron chi connectivity index (χ4n) is 10.5. The zero-order valence-corrected chi connectivity index (χ0v) is 49.2. The normalized spacial score (nSPS) is 17.8. The molecule has 3 aliphatic heterocycles. The van der Waals surface area contributed by atoms with E-state index in [0.29, 0.717) is 66.5 Å². The Balaban J connectivity index is 0.780. The van der Waals surface area contributed by atoms with Gasteiger partial charge in [-0.2, -0.15) is 4.68 Å². The molecule has 6 atom stereocenters. The molecule has 0 unspecified atom stereocenters. The van der Waals surface area contributed by atoms with E-state index in [1.54, 1.807) is 21.0 Å². The minimum atomic E-state index is -0.938. The maximum atomic E-state index is 14.7. The second kappa shape index (κ2) is 30.3. The van der Waals surface area contributed by atoms with E-state index in [2.05, 4.69) is 36.4 Å². The molecule has 0 aliphatic carbocycles. The number of nitrogens with zero attached hydrogens (tertiary/aromatic N) is 8. The number of carbonyl (C=O) groups excluding carboxylic acids is 6. The molecule has 7 N–H and O–H groups in total. The first kappa shape index (κ1) is 63.9. The number of amides is 6. The summed E-state index contributed by atoms with van der Waals surface area (Å²) in [7, 11) is 3.28. The van der Waals surface area contributed by atoms with Crippen LogP contribution < -0.4 is 37.2 Å². The lowest BCUT2D eigenvalue weighted by molar-refractivity contribution is -0.144. The molecule has 84 heavy (non-hydrogen) atoms. The molecule has 6 amide bonds. The molecule has 0 spiro atoms. The topological polar surface area (TPSA) is 283 Å². The molecule has 2 aromatic heterocycles. The molecule has 2 aromatic carbocycles. The van der Waals surface area contributed by atoms with Crippen LogP contribution in [0.1, 0.15) is 112 Å². The number of halogens is 1. The summed E-state index contributed by atoms with van der Waals surface area (Å²) in [6, 6.07) is 10.2. The number of ether oxygens (including phenoxy) is 4. The number of nitrogens with two attached hydrogens (primary N) is 1. The summed E-state index contributed by atoms with van der Waals surface area (Å²) in [5.41, 5.74) is 8.66. The van der Waals surface area contributed by atoms with Gasteiger partial charge in [0.2, 0.25) is 29.5 Å². The second-order valence-corrected chi connectivity index (χ2v) is 22.2. The van der Waals surface area contributed by atoms with Gasteiger partial charge in [0.15, 0.2) is 11.6 Å². The quantitative estimate of drug-likeness (QED) is 0.0364. The maximum absolute atomic E-state index is 14.7. The van der Waals surface area contributed by atoms with E-state index < -0.39 is 41.3 Å². The number of likely N-dealkylation sites (N-methyl/N-ethyl adjacent to an activating group) is 1. The Morgan fingerprint density at radius 3 is 2.24 bits per heavy atom. The van der Waals surface area contributed by atoms with Gasteiger partial charge in [0.25, 0.3) is 11.7 Å². The van der Waals surface area contributed by atoms with Crippen molar-refractivity contribution in [3.8, 4) is 11.3 Å². The van der Waals surface area contributed by atoms with Gasteiger partial charge in [-0.05, 0) is 74.4 Å². The van der Waals surface area contributed by atoms with Crippen LogP contribution >= 0.6 is 0 Å². The smallest absolute Gasteiger partial charge is 0.262 e. The summed E-state index contributed by atoms with van der Waals surface area (Å²) in [6.07, 6.45) is 3.83. The van der Waals surface area contributed by atoms with Crippen LogP contribution in [0, 0.1) is 17.8 Å². The number of rotatable bonds is 27. The van der Waals surface area contributed by atoms with E-state index in [9.17, 15) is 33.2 Å². The number of nitrogen functional groups attached to an aromatic ring is 1. The molecule has 454 valence electrons. The summed E-state index contributed by atoms with van der Waals surface area (Å²) in [5, 5.41) is 19.5. The Morgan fingerprint density at radius 2 is 1.60 bits per heavy atom. The fourth-order valence-corrected chi connectivity index (χ4v) is 10.5. The van der Waals surface area contributed by atoms with Gasteiger partial charge < -0.3 is 70.8 Å². The minimum absolute atomic E-state index is 0.00862. The molecular weight excluding hydrogens is 1080 g/mol. The summed E-state index contributed by atoms with van der Waals surface area (Å²) in [5.74, 6) is -1.75. The van der Waals surface area contributed by atoms with Crippen LogP contribution in [0.4, 0.5) is 21.8 Å². The predicted molar refractivity (Wildman–Crippen MR) is 311 cm³/mol. The molecule has 4 aromatic rings. The Labute approximate surface area is 490 Å². The van der Waals surface area contributed by atoms with Crippen molar-refractivity contribution < 1.29 is 52.1 Å². The van der Waals surface area contributed by atoms with Crippen molar-refractivity contribution in [2.24, 2.45) is 5.41 Å². The first-order valence-corrected chi connectivity index (χ1v) is 28.7. The van der Waals surface area contributed by atoms with E-state index in [0.717, 1.165) is 12.0 Å². The van der Waals surface area contributed by atoms with Crippen molar-refractivity contribution in [3.05, 3.63) is 94.3 Å². The number of likely N-dealkylation sites (tertiary alicyclic amines) is 1. The lowest BCUT2D eigenvalue weighted by Gasteiger charge is -2.36. The van der Waals surface area contributed by atoms with Crippen molar-refractivity contribution in [1.29, 1.82) is 0 Å². The van der Waals surface area contributed by atoms with E-state index in [4.69, 9.17) is 41.3 Å². The molecule has 5 heterocycles. The van der Waals surface area contributed by atoms with E-state index >= 15 is 0 Å². The molecule has 0 radical (unpaired) electrons. The number of hydrogen-bond acceptors (Lipinski definition) is 16. The van der Waals surface area contributed by atoms with E-state index in [1.165, 1.54) is 38.9 Å². The van der Waals surface area contributed by atoms with Gasteiger partial charge in [0.1, 0.15) is 30.1 Å². The van der Waals surface area contributed by atoms with Crippen LogP contribution in [0.5, 0.6) is 0 Å². The van der Waals surface area contributed by atoms with Crippen molar-refractivity contribution in [1.82, 2.24) is 56.1 Å². The summed E-state index contributed by atoms with van der Waals surface area (Å²) < 4.78 is 38.6. The molecular formula is C59H81FN14O10. The minimum Gasteiger partial charge on any atom is -0.381 e. The van der Waals surface area contributed by atoms with Gasteiger partial charge in [-0.25, -0.2) is 14.4 Å². The van der Waals surface area contributed by atoms with Crippen molar-refractivity contribution in [2.45, 2.75) is 122 Å². The Hall–Kier alpha value is -7.63. The van der Waals surface area contributed by atoms with Gasteiger partial charge in [0, 0.05) is 44.6 Å². The van der Waals surface area contributed by atoms with E-state index in [1.807, 2.05) is 62.9 Å². The number of nitrogens with one attached hydrogen (secondary N) is 5. The largest absolute Gasteiger partial charge is 0.381 e. The number of hydrogen-bond donors (Lipinski definition) is 6. The third-order valence-corrected chi connectivity index (χ3v) is 15.1. The van der Waals surface area contributed by atoms with Crippen molar-refractivity contribution >= 4 is 52.9 Å². The van der Waals surface area contributed by atoms with Gasteiger partial charge in [-0.15, -0.1) is 5.10 Å². The number of benzene rings is 2. The lowest BCUT2D eigenvalue weighted by Crippen LogP contribution is -2.59. The molecule has 3 aliphatic rings. The molecule has 0 saturated carbocycles. The number of fused-ring (bicyclic) bond motifs is 8. The average molecular weight is 1170 g/mol. The van der Waals surface area contributed by atoms with Crippen LogP contribution in [-0.2, 0) is 56.0 Å². The predicted octanol–water partition coefficient (Wildman–Crippen LogP) is 3.99. The Bertz CT molecular complexity index is 2970. The maximum Gasteiger partial charge on any atom is 0.262 e. The Morgan fingerprint density at radius 1 is 0.929 bits per heavy atom. The summed E-state index contributed by atoms with van der Waals surface area (Å²) in [6.45, 7) is 20.2. The third-order valence-electron chi connectivity index (χ3n) is 15.1. The molecule has 2 fully saturated rings. The first-order chi connectivity index (χ1) is 40.3. The highest BCUT2D eigenvalue weighted by Crippen LogP contribution is 2.42. The lowest BCUT2D eigenvalue weighted by atomic mass is 9.85. The second-order valence-electron chi connectivity index (χ2n) is 22.2. The van der Waals surface area contributed by atoms with Crippen LogP contribution in [-0.4, -0.2) is 176 Å². The van der Waals surface area contributed by atoms with Gasteiger partial charge in [0.05, 0.1) is 102 Å². The standard InChI is InChI=1S/C59H81FN14O10/c1-9-43(38-14-11-10-12-15-38)68-56(78)47-33-40(35-73(47)58(80)51(59(3,4)5)69-55(77)37(2)62-6)66-49(76)20-25-82-27-29-84-31-30-83-28-26-81-24-19-48(75)64-21-23-74-53(63-7)50-44-34-65-52(61)54(67-44)72-22-13-16-46(72)42-32-39(60)17-18-41(42)57(79)71(8)36-45(50)70-74/h10-12,14-15,17-18,32,34,37,40,43,46-47,51,62H,9,13,16,19-31,33,35-36H2,1-6,8H3,(H2,61,65)(H,64,75)(H,66,76)(H,68,78)(H,69,77)/t37-,40-,43+,46-,47-,51+/m1/s1. The SMILES string of the molecule is [C-]#[N+]c1c2c(nn1CCNC(=O)CCOCCOCCOCCOCCC(=O)N[C@@H]1C[C@H](C(=O)N[C@@H](CC)c3ccccc3)N(C(=O)[C@H](NC(=O)[C@@H](C)NC)C(C)(C)C)C1)CN(C)C(=O)c1ccc(F)cc1[C@H]1CCCN1c1nc-2cnc1N. The van der Waals surface area contributed by atoms with Crippen molar-refractivity contribution in [2.75, 3.05) is 97.2 Å². The zero-order chi connectivity index (χ0) is 60.5. The highest BCUT2D eigenvalue weighted by molar-refractivity contribution is 5.96. The van der Waals surface area contributed by atoms with Gasteiger partial charge in [-0.1, -0.05) is 64.6 Å². The van der Waals surface area contributed by atoms with Gasteiger partial charge >= 0.3 is 0 Å². The van der Waals surface area contributed by atoms with Crippen LogP contribution in [0.2, 0.25) is 0 Å². The highest BCUT2D eigenvalue weighted by atomic mass is 19.1. The first-order valence-electron chi connectivity index (χ1n) is 28.7. The number of aromatic nitrogens is 4. The van der Waals surface area contributed by atoms with Crippen LogP contribution in [0.25, 0.3) is 16.1 Å². The van der Waals surface area contributed by atoms with Gasteiger partial charge in [-0.3, -0.25) is 28.8 Å². The summed E-state index contributed by atoms with van der Waals surface area (Å²) >= 11 is 0. The van der Waals surface area contributed by atoms with E-state index in [-0.39, 0.29) is 138 Å². The highest BCUT2D eigenvalue weighted by Gasteiger charge is 2.46. The molecule has 2 saturated heterocycles. The zero-order valence-electron chi connectivity index (χ0n) is 49.2. The monoisotopic (exact) mass is 1160 g/mol. The average Bonchev–Trinajstić information content (AvgIpc) is 4.42. The molecule has 24 nitrogen and oxygen atoms in total. The Kier molecular flexibility index (Phi) is 23.0. The van der Waals surface area contributed by atoms with Crippen molar-refractivity contribution in [3.63, 3.8) is 0 Å². The molecule has 7 rings (SSSR count). The van der Waals surface area contributed by atoms with Crippen LogP contribution in [0.3, 0.4) is 0 Å². The third kappa shape index (κ3) is 16.6. The fraction of sp³-hybridized carbons (Fsp3) is 0.559. The molecule has 2 bridgehead atoms. The number of carbonyl (C=O) groups is 6. The van der Waals surface area contributed by atoms with Crippen LogP contribution in [0.15, 0.2) is 54.7 Å². The molecule has 25 heteroatoms.